The van der Waals surface area contributed by atoms with E-state index in [1.807, 2.05) is 18.7 Å². The lowest BCUT2D eigenvalue weighted by atomic mass is 9.86. The molecule has 2 aliphatic carbocycles. The molecule has 8 heteroatoms. The van der Waals surface area contributed by atoms with Crippen LogP contribution in [-0.2, 0) is 19.6 Å². The highest BCUT2D eigenvalue weighted by Crippen LogP contribution is 2.26. The molecule has 7 nitrogen and oxygen atoms in total. The molecule has 0 bridgehead atoms. The van der Waals surface area contributed by atoms with Crippen molar-refractivity contribution in [3.63, 3.8) is 0 Å². The van der Waals surface area contributed by atoms with E-state index in [1.165, 1.54) is 12.8 Å². The van der Waals surface area contributed by atoms with Gasteiger partial charge in [-0.15, -0.1) is 0 Å². The Bertz CT molecular complexity index is 527. The second kappa shape index (κ2) is 9.30. The Labute approximate surface area is 151 Å². The van der Waals surface area contributed by atoms with Gasteiger partial charge in [-0.05, 0) is 38.1 Å². The summed E-state index contributed by atoms with van der Waals surface area (Å²) < 4.78 is 33.1. The third-order valence-corrected chi connectivity index (χ3v) is 6.84. The van der Waals surface area contributed by atoms with Crippen LogP contribution in [0.4, 0.5) is 0 Å². The highest BCUT2D eigenvalue weighted by Gasteiger charge is 2.36. The van der Waals surface area contributed by atoms with Gasteiger partial charge in [-0.3, -0.25) is 9.69 Å². The molecule has 25 heavy (non-hydrogen) atoms. The van der Waals surface area contributed by atoms with Crippen LogP contribution in [0.2, 0.25) is 0 Å². The predicted octanol–water partition coefficient (Wildman–Crippen LogP) is 1.44. The average Bonchev–Trinajstić information content (AvgIpc) is 2.99. The number of hydrogen-bond acceptors (Lipinski definition) is 5. The standard InChI is InChI=1S/C17H32N2O5S/c1-3-19(10-17(20)21)15-8-14(9-15)18-25(22,23)12-13(2)11-24-16-6-4-5-7-16/h13-16,18H,3-12H2,1-2H3,(H,20,21). The minimum absolute atomic E-state index is 0.0101. The molecule has 2 aliphatic rings. The maximum atomic E-state index is 12.3. The van der Waals surface area contributed by atoms with Crippen LogP contribution in [0.5, 0.6) is 0 Å². The zero-order valence-electron chi connectivity index (χ0n) is 15.3. The van der Waals surface area contributed by atoms with Crippen LogP contribution < -0.4 is 4.72 Å². The summed E-state index contributed by atoms with van der Waals surface area (Å²) in [6.45, 7) is 4.99. The molecule has 2 fully saturated rings. The van der Waals surface area contributed by atoms with Crippen molar-refractivity contribution < 1.29 is 23.1 Å². The Morgan fingerprint density at radius 1 is 1.32 bits per heavy atom. The lowest BCUT2D eigenvalue weighted by Gasteiger charge is -2.42. The Morgan fingerprint density at radius 3 is 2.52 bits per heavy atom. The third kappa shape index (κ3) is 6.84. The number of carboxylic acid groups (broad SMARTS) is 1. The monoisotopic (exact) mass is 376 g/mol. The van der Waals surface area contributed by atoms with Crippen LogP contribution in [0, 0.1) is 5.92 Å². The molecule has 0 aliphatic heterocycles. The van der Waals surface area contributed by atoms with E-state index in [0.29, 0.717) is 32.1 Å². The highest BCUT2D eigenvalue weighted by atomic mass is 32.2. The second-order valence-corrected chi connectivity index (χ2v) is 9.32. The fraction of sp³-hybridized carbons (Fsp3) is 0.941. The lowest BCUT2D eigenvalue weighted by Crippen LogP contribution is -2.55. The van der Waals surface area contributed by atoms with Crippen molar-refractivity contribution in [1.29, 1.82) is 0 Å². The van der Waals surface area contributed by atoms with Gasteiger partial charge in [-0.2, -0.15) is 0 Å². The molecule has 2 saturated carbocycles. The first-order valence-electron chi connectivity index (χ1n) is 9.36. The fourth-order valence-corrected chi connectivity index (χ4v) is 5.38. The number of carboxylic acids is 1. The van der Waals surface area contributed by atoms with Crippen LogP contribution in [0.1, 0.15) is 52.4 Å². The number of rotatable bonds is 11. The van der Waals surface area contributed by atoms with E-state index in [4.69, 9.17) is 9.84 Å². The van der Waals surface area contributed by atoms with Gasteiger partial charge in [-0.25, -0.2) is 13.1 Å². The van der Waals surface area contributed by atoms with E-state index < -0.39 is 16.0 Å². The summed E-state index contributed by atoms with van der Waals surface area (Å²) in [7, 11) is -3.33. The van der Waals surface area contributed by atoms with E-state index in [0.717, 1.165) is 12.8 Å². The molecule has 2 N–H and O–H groups in total. The van der Waals surface area contributed by atoms with Crippen molar-refractivity contribution in [2.75, 3.05) is 25.4 Å². The number of sulfonamides is 1. The van der Waals surface area contributed by atoms with Gasteiger partial charge in [0.15, 0.2) is 0 Å². The zero-order valence-corrected chi connectivity index (χ0v) is 16.1. The SMILES string of the molecule is CCN(CC(=O)O)C1CC(NS(=O)(=O)CC(C)COC2CCCC2)C1. The topological polar surface area (TPSA) is 95.9 Å². The van der Waals surface area contributed by atoms with Gasteiger partial charge >= 0.3 is 5.97 Å². The van der Waals surface area contributed by atoms with Gasteiger partial charge in [0.05, 0.1) is 25.0 Å². The molecule has 0 amide bonds. The minimum Gasteiger partial charge on any atom is -0.480 e. The summed E-state index contributed by atoms with van der Waals surface area (Å²) in [5.41, 5.74) is 0. The van der Waals surface area contributed by atoms with Gasteiger partial charge < -0.3 is 9.84 Å². The average molecular weight is 377 g/mol. The van der Waals surface area contributed by atoms with Crippen molar-refractivity contribution in [3.8, 4) is 0 Å². The molecule has 0 aromatic heterocycles. The summed E-state index contributed by atoms with van der Waals surface area (Å²) in [4.78, 5) is 12.7. The smallest absolute Gasteiger partial charge is 0.317 e. The first-order valence-corrected chi connectivity index (χ1v) is 11.0. The number of nitrogens with one attached hydrogen (secondary N) is 1. The normalized spacial score (nSPS) is 25.9. The molecule has 0 aromatic rings. The van der Waals surface area contributed by atoms with Gasteiger partial charge in [0.2, 0.25) is 10.0 Å². The van der Waals surface area contributed by atoms with E-state index in [-0.39, 0.29) is 30.3 Å². The number of aliphatic carboxylic acids is 1. The molecule has 0 radical (unpaired) electrons. The maximum absolute atomic E-state index is 12.3. The first-order chi connectivity index (χ1) is 11.8. The largest absolute Gasteiger partial charge is 0.480 e. The maximum Gasteiger partial charge on any atom is 0.317 e. The van der Waals surface area contributed by atoms with Crippen LogP contribution in [0.25, 0.3) is 0 Å². The Morgan fingerprint density at radius 2 is 1.96 bits per heavy atom. The number of likely N-dealkylation sites (N-methyl/N-ethyl adjacent to an activating group) is 1. The molecular formula is C17H32N2O5S. The molecule has 0 saturated heterocycles. The number of ether oxygens (including phenoxy) is 1. The molecule has 1 atom stereocenters. The number of hydrogen-bond donors (Lipinski definition) is 2. The van der Waals surface area contributed by atoms with Crippen LogP contribution in [0.3, 0.4) is 0 Å². The molecule has 0 spiro atoms. The quantitative estimate of drug-likeness (QED) is 0.566. The fourth-order valence-electron chi connectivity index (χ4n) is 3.74. The molecule has 2 rings (SSSR count). The van der Waals surface area contributed by atoms with Crippen molar-refractivity contribution in [2.24, 2.45) is 5.92 Å². The van der Waals surface area contributed by atoms with Crippen LogP contribution in [-0.4, -0.2) is 68.0 Å². The zero-order chi connectivity index (χ0) is 18.4. The first kappa shape index (κ1) is 20.6. The molecule has 1 unspecified atom stereocenters. The van der Waals surface area contributed by atoms with Crippen LogP contribution >= 0.6 is 0 Å². The Balaban J connectivity index is 1.68. The predicted molar refractivity (Wildman–Crippen MR) is 96.0 cm³/mol. The van der Waals surface area contributed by atoms with Gasteiger partial charge in [0.1, 0.15) is 0 Å². The third-order valence-electron chi connectivity index (χ3n) is 5.14. The number of nitrogens with zero attached hydrogens (tertiary/aromatic N) is 1. The number of carbonyl (C=O) groups is 1. The lowest BCUT2D eigenvalue weighted by molar-refractivity contribution is -0.139. The molecular weight excluding hydrogens is 344 g/mol. The van der Waals surface area contributed by atoms with E-state index in [9.17, 15) is 13.2 Å². The van der Waals surface area contributed by atoms with Crippen molar-refractivity contribution in [3.05, 3.63) is 0 Å². The molecule has 0 heterocycles. The van der Waals surface area contributed by atoms with Crippen molar-refractivity contribution in [2.45, 2.75) is 70.6 Å². The van der Waals surface area contributed by atoms with Gasteiger partial charge in [-0.1, -0.05) is 26.7 Å². The van der Waals surface area contributed by atoms with Crippen molar-refractivity contribution in [1.82, 2.24) is 9.62 Å². The van der Waals surface area contributed by atoms with E-state index in [2.05, 4.69) is 4.72 Å². The molecule has 0 aromatic carbocycles. The minimum atomic E-state index is -3.33. The highest BCUT2D eigenvalue weighted by molar-refractivity contribution is 7.89. The summed E-state index contributed by atoms with van der Waals surface area (Å²) in [6.07, 6.45) is 6.24. The van der Waals surface area contributed by atoms with Crippen LogP contribution in [0.15, 0.2) is 0 Å². The second-order valence-electron chi connectivity index (χ2n) is 7.52. The summed E-state index contributed by atoms with van der Waals surface area (Å²) in [6, 6.07) is 0.0673. The van der Waals surface area contributed by atoms with Gasteiger partial charge in [0.25, 0.3) is 0 Å². The summed E-state index contributed by atoms with van der Waals surface area (Å²) in [5, 5.41) is 8.90. The van der Waals surface area contributed by atoms with E-state index in [1.54, 1.807) is 0 Å². The summed E-state index contributed by atoms with van der Waals surface area (Å²) in [5.74, 6) is -0.803. The van der Waals surface area contributed by atoms with E-state index >= 15 is 0 Å². The summed E-state index contributed by atoms with van der Waals surface area (Å²) >= 11 is 0. The molecule has 146 valence electrons. The van der Waals surface area contributed by atoms with Gasteiger partial charge in [0, 0.05) is 12.1 Å². The van der Waals surface area contributed by atoms with Crippen molar-refractivity contribution >= 4 is 16.0 Å². The Hall–Kier alpha value is -0.700. The Kier molecular flexibility index (Phi) is 7.67.